The van der Waals surface area contributed by atoms with Gasteiger partial charge in [-0.25, -0.2) is 4.79 Å². The number of unbranched alkanes of at least 4 members (excludes halogenated alkanes) is 22. The Bertz CT molecular complexity index is 1360. The molecule has 1 fully saturated rings. The van der Waals surface area contributed by atoms with Crippen LogP contribution in [-0.4, -0.2) is 89.2 Å². The first-order valence-electron chi connectivity index (χ1n) is 26.6. The number of allylic oxidation sites excluding steroid dienone is 8. The van der Waals surface area contributed by atoms with Crippen LogP contribution >= 0.6 is 0 Å². The molecule has 0 amide bonds. The van der Waals surface area contributed by atoms with Crippen molar-refractivity contribution < 1.29 is 58.2 Å². The number of esters is 3. The number of hydrogen-bond donors (Lipinski definition) is 3. The Morgan fingerprint density at radius 2 is 0.940 bits per heavy atom. The maximum Gasteiger partial charge on any atom is 0.335 e. The summed E-state index contributed by atoms with van der Waals surface area (Å²) in [7, 11) is 0. The van der Waals surface area contributed by atoms with Crippen LogP contribution in [0, 0.1) is 0 Å². The summed E-state index contributed by atoms with van der Waals surface area (Å²) in [5, 5.41) is 31.3. The summed E-state index contributed by atoms with van der Waals surface area (Å²) < 4.78 is 28.2. The highest BCUT2D eigenvalue weighted by molar-refractivity contribution is 5.74. The van der Waals surface area contributed by atoms with Crippen molar-refractivity contribution in [2.24, 2.45) is 0 Å². The normalized spacial score (nSPS) is 19.2. The molecule has 12 nitrogen and oxygen atoms in total. The summed E-state index contributed by atoms with van der Waals surface area (Å²) >= 11 is 0. The molecule has 0 aromatic rings. The minimum absolute atomic E-state index is 0.0586. The zero-order valence-corrected chi connectivity index (χ0v) is 42.1. The van der Waals surface area contributed by atoms with E-state index < -0.39 is 67.3 Å². The Kier molecular flexibility index (Phi) is 40.4. The third-order valence-corrected chi connectivity index (χ3v) is 11.9. The van der Waals surface area contributed by atoms with Gasteiger partial charge in [-0.05, 0) is 57.8 Å². The maximum atomic E-state index is 13.1. The molecule has 1 heterocycles. The predicted octanol–water partition coefficient (Wildman–Crippen LogP) is 12.7. The van der Waals surface area contributed by atoms with E-state index in [1.54, 1.807) is 0 Å². The molecule has 1 aliphatic rings. The van der Waals surface area contributed by atoms with Crippen molar-refractivity contribution in [2.45, 2.75) is 263 Å². The van der Waals surface area contributed by atoms with E-state index >= 15 is 0 Å². The molecule has 0 radical (unpaired) electrons. The van der Waals surface area contributed by atoms with E-state index in [2.05, 4.69) is 69.4 Å². The van der Waals surface area contributed by atoms with E-state index in [4.69, 9.17) is 23.7 Å². The number of ether oxygens (including phenoxy) is 5. The molecule has 6 unspecified atom stereocenters. The third kappa shape index (κ3) is 34.6. The van der Waals surface area contributed by atoms with Crippen LogP contribution in [0.2, 0.25) is 0 Å². The van der Waals surface area contributed by atoms with Gasteiger partial charge in [0.05, 0.1) is 6.61 Å². The average molecular weight is 947 g/mol. The van der Waals surface area contributed by atoms with Gasteiger partial charge in [0.15, 0.2) is 24.6 Å². The van der Waals surface area contributed by atoms with Crippen LogP contribution in [0.3, 0.4) is 0 Å². The van der Waals surface area contributed by atoms with Crippen LogP contribution < -0.4 is 0 Å². The Labute approximate surface area is 405 Å². The lowest BCUT2D eigenvalue weighted by molar-refractivity contribution is -0.301. The number of carboxylic acids is 1. The van der Waals surface area contributed by atoms with Gasteiger partial charge >= 0.3 is 23.9 Å². The second-order valence-electron chi connectivity index (χ2n) is 18.1. The van der Waals surface area contributed by atoms with Crippen molar-refractivity contribution in [1.82, 2.24) is 0 Å². The van der Waals surface area contributed by atoms with E-state index in [9.17, 15) is 34.5 Å². The number of rotatable bonds is 44. The minimum atomic E-state index is -1.90. The summed E-state index contributed by atoms with van der Waals surface area (Å²) in [6.45, 7) is 5.79. The standard InChI is InChI=1S/C55H94O12/c1-4-7-10-13-16-19-21-23-24-26-27-30-32-35-38-41-47(56)63-44-46(65-48(57)42-39-36-34-31-28-25-22-20-17-14-11-8-5-2)45-64-55-53(51(60)50(59)52(67-55)54(61)62)66-49(58)43-40-37-33-29-18-15-12-9-6-3/h7,10,16,19,23-24,27,30,46,50-53,55,59-60H,4-6,8-9,11-15,17-18,20-22,25-26,28-29,31-45H2,1-3H3,(H,61,62)/b10-7-,19-16-,24-23-,30-27-. The van der Waals surface area contributed by atoms with Crippen LogP contribution in [0.1, 0.15) is 226 Å². The van der Waals surface area contributed by atoms with Crippen molar-refractivity contribution in [3.05, 3.63) is 48.6 Å². The van der Waals surface area contributed by atoms with Gasteiger partial charge in [-0.2, -0.15) is 0 Å². The van der Waals surface area contributed by atoms with Crippen molar-refractivity contribution in [3.8, 4) is 0 Å². The van der Waals surface area contributed by atoms with E-state index in [1.807, 2.05) is 0 Å². The monoisotopic (exact) mass is 947 g/mol. The Morgan fingerprint density at radius 1 is 0.507 bits per heavy atom. The molecule has 6 atom stereocenters. The predicted molar refractivity (Wildman–Crippen MR) is 266 cm³/mol. The number of carbonyl (C=O) groups is 4. The molecule has 3 N–H and O–H groups in total. The van der Waals surface area contributed by atoms with Gasteiger partial charge in [0, 0.05) is 19.3 Å². The Hall–Kier alpha value is -3.32. The van der Waals surface area contributed by atoms with Crippen molar-refractivity contribution >= 4 is 23.9 Å². The van der Waals surface area contributed by atoms with Crippen LogP contribution in [0.5, 0.6) is 0 Å². The fourth-order valence-corrected chi connectivity index (χ4v) is 7.83. The maximum absolute atomic E-state index is 13.1. The molecule has 12 heteroatoms. The zero-order valence-electron chi connectivity index (χ0n) is 42.1. The molecule has 67 heavy (non-hydrogen) atoms. The largest absolute Gasteiger partial charge is 0.479 e. The van der Waals surface area contributed by atoms with E-state index in [1.165, 1.54) is 83.5 Å². The SMILES string of the molecule is CC/C=C\C/C=C\C/C=C\C/C=C\CCCCC(=O)OCC(COC1OC(C(=O)O)C(O)C(O)C1OC(=O)CCCCCCCCCCC)OC(=O)CCCCCCCCCCCCCCC. The summed E-state index contributed by atoms with van der Waals surface area (Å²) in [4.78, 5) is 50.8. The second kappa shape index (κ2) is 43.9. The lowest BCUT2D eigenvalue weighted by atomic mass is 9.98. The van der Waals surface area contributed by atoms with E-state index in [0.29, 0.717) is 19.3 Å². The molecule has 0 aliphatic carbocycles. The molecule has 0 aromatic carbocycles. The fraction of sp³-hybridized carbons (Fsp3) is 0.782. The molecule has 0 bridgehead atoms. The summed E-state index contributed by atoms with van der Waals surface area (Å²) in [6.07, 6.45) is 38.3. The smallest absolute Gasteiger partial charge is 0.335 e. The third-order valence-electron chi connectivity index (χ3n) is 11.9. The highest BCUT2D eigenvalue weighted by Gasteiger charge is 2.50. The number of aliphatic hydroxyl groups is 2. The summed E-state index contributed by atoms with van der Waals surface area (Å²) in [6, 6.07) is 0. The molecule has 1 aliphatic heterocycles. The van der Waals surface area contributed by atoms with Gasteiger partial charge in [-0.1, -0.05) is 198 Å². The van der Waals surface area contributed by atoms with Gasteiger partial charge in [0.2, 0.25) is 0 Å². The summed E-state index contributed by atoms with van der Waals surface area (Å²) in [5.74, 6) is -3.17. The molecule has 386 valence electrons. The quantitative estimate of drug-likeness (QED) is 0.0228. The highest BCUT2D eigenvalue weighted by Crippen LogP contribution is 2.26. The van der Waals surface area contributed by atoms with Crippen LogP contribution in [0.15, 0.2) is 48.6 Å². The van der Waals surface area contributed by atoms with Crippen LogP contribution in [-0.2, 0) is 42.9 Å². The van der Waals surface area contributed by atoms with E-state index in [-0.39, 0.29) is 25.9 Å². The summed E-state index contributed by atoms with van der Waals surface area (Å²) in [5.41, 5.74) is 0. The van der Waals surface area contributed by atoms with Gasteiger partial charge in [-0.3, -0.25) is 14.4 Å². The molecule has 0 aromatic heterocycles. The van der Waals surface area contributed by atoms with Crippen LogP contribution in [0.25, 0.3) is 0 Å². The molecule has 1 saturated heterocycles. The van der Waals surface area contributed by atoms with Gasteiger partial charge in [-0.15, -0.1) is 0 Å². The first-order valence-corrected chi connectivity index (χ1v) is 26.6. The number of carboxylic acid groups (broad SMARTS) is 1. The van der Waals surface area contributed by atoms with Gasteiger partial charge < -0.3 is 39.0 Å². The van der Waals surface area contributed by atoms with Gasteiger partial charge in [0.25, 0.3) is 0 Å². The second-order valence-corrected chi connectivity index (χ2v) is 18.1. The Morgan fingerprint density at radius 3 is 1.43 bits per heavy atom. The van der Waals surface area contributed by atoms with E-state index in [0.717, 1.165) is 83.5 Å². The molecule has 1 rings (SSSR count). The topological polar surface area (TPSA) is 175 Å². The van der Waals surface area contributed by atoms with Crippen molar-refractivity contribution in [3.63, 3.8) is 0 Å². The molecular formula is C55H94O12. The van der Waals surface area contributed by atoms with Crippen LogP contribution in [0.4, 0.5) is 0 Å². The zero-order chi connectivity index (χ0) is 49.0. The van der Waals surface area contributed by atoms with Crippen molar-refractivity contribution in [1.29, 1.82) is 0 Å². The fourth-order valence-electron chi connectivity index (χ4n) is 7.83. The van der Waals surface area contributed by atoms with Gasteiger partial charge in [0.1, 0.15) is 18.8 Å². The number of carbonyl (C=O) groups excluding carboxylic acids is 3. The molecule has 0 spiro atoms. The van der Waals surface area contributed by atoms with Crippen molar-refractivity contribution in [2.75, 3.05) is 13.2 Å². The molecule has 0 saturated carbocycles. The first-order chi connectivity index (χ1) is 32.6. The minimum Gasteiger partial charge on any atom is -0.479 e. The number of aliphatic hydroxyl groups excluding tert-OH is 2. The average Bonchev–Trinajstić information content (AvgIpc) is 3.31. The lowest BCUT2D eigenvalue weighted by Gasteiger charge is -2.40. The molecular weight excluding hydrogens is 853 g/mol. The lowest BCUT2D eigenvalue weighted by Crippen LogP contribution is -2.61. The number of hydrogen-bond acceptors (Lipinski definition) is 11. The number of aliphatic carboxylic acids is 1. The Balaban J connectivity index is 2.75. The first kappa shape index (κ1) is 61.7. The highest BCUT2D eigenvalue weighted by atomic mass is 16.7.